The van der Waals surface area contributed by atoms with Crippen molar-refractivity contribution in [2.45, 2.75) is 27.7 Å². The third-order valence-electron chi connectivity index (χ3n) is 2.88. The average Bonchev–Trinajstić information content (AvgIpc) is 2.43. The number of aromatic nitrogens is 1. The maximum absolute atomic E-state index is 3.42. The molecule has 0 amide bonds. The Bertz CT molecular complexity index is 371. The van der Waals surface area contributed by atoms with E-state index in [2.05, 4.69) is 40.0 Å². The monoisotopic (exact) mass is 158 g/mol. The van der Waals surface area contributed by atoms with Gasteiger partial charge in [-0.3, -0.25) is 0 Å². The first-order chi connectivity index (χ1) is 5.61. The second-order valence-corrected chi connectivity index (χ2v) is 3.62. The lowest BCUT2D eigenvalue weighted by molar-refractivity contribution is 1.21. The molecule has 1 radical (unpaired) electrons. The van der Waals surface area contributed by atoms with Gasteiger partial charge in [0.15, 0.2) is 7.28 Å². The van der Waals surface area contributed by atoms with Crippen LogP contribution >= 0.6 is 0 Å². The van der Waals surface area contributed by atoms with E-state index in [0.29, 0.717) is 0 Å². The molecule has 2 rings (SSSR count). The number of allylic oxidation sites excluding steroid dienone is 2. The van der Waals surface area contributed by atoms with Gasteiger partial charge in [-0.1, -0.05) is 12.4 Å². The first-order valence-corrected chi connectivity index (χ1v) is 4.33. The van der Waals surface area contributed by atoms with Crippen molar-refractivity contribution < 1.29 is 0 Å². The number of H-pyrrole nitrogens is 1. The molecule has 1 nitrogen and oxygen atoms in total. The smallest absolute Gasteiger partial charge is 0.189 e. The van der Waals surface area contributed by atoms with Crippen molar-refractivity contribution in [2.24, 2.45) is 0 Å². The summed E-state index contributed by atoms with van der Waals surface area (Å²) in [5.41, 5.74) is 8.18. The highest BCUT2D eigenvalue weighted by atomic mass is 14.7. The van der Waals surface area contributed by atoms with Gasteiger partial charge in [-0.25, -0.2) is 0 Å². The molecule has 1 aliphatic heterocycles. The van der Waals surface area contributed by atoms with Gasteiger partial charge in [0.2, 0.25) is 0 Å². The first kappa shape index (κ1) is 7.72. The molecule has 0 bridgehead atoms. The van der Waals surface area contributed by atoms with Crippen LogP contribution in [0.15, 0.2) is 5.47 Å². The van der Waals surface area contributed by atoms with E-state index in [1.54, 1.807) is 0 Å². The van der Waals surface area contributed by atoms with Crippen molar-refractivity contribution in [3.63, 3.8) is 0 Å². The number of nitrogens with one attached hydrogen (secondary N) is 1. The predicted molar refractivity (Wildman–Crippen MR) is 53.9 cm³/mol. The summed E-state index contributed by atoms with van der Waals surface area (Å²) in [6, 6.07) is 0. The quantitative estimate of drug-likeness (QED) is 0.553. The number of aromatic amines is 1. The van der Waals surface area contributed by atoms with E-state index in [1.165, 1.54) is 33.5 Å². The van der Waals surface area contributed by atoms with Crippen molar-refractivity contribution in [2.75, 3.05) is 0 Å². The van der Waals surface area contributed by atoms with Crippen molar-refractivity contribution in [1.29, 1.82) is 0 Å². The van der Waals surface area contributed by atoms with E-state index in [0.717, 1.165) is 0 Å². The molecule has 2 heterocycles. The Hall–Kier alpha value is -0.915. The summed E-state index contributed by atoms with van der Waals surface area (Å²) in [4.78, 5) is 3.42. The third-order valence-corrected chi connectivity index (χ3v) is 2.88. The molecule has 0 aromatic carbocycles. The summed E-state index contributed by atoms with van der Waals surface area (Å²) in [6.07, 6.45) is 0. The largest absolute Gasteiger partial charge is 0.359 e. The SMILES string of the molecule is CC1=C(C)c2[nH]c(C)c(C)c2[B]1. The molecular weight excluding hydrogens is 145 g/mol. The summed E-state index contributed by atoms with van der Waals surface area (Å²) < 4.78 is 0. The van der Waals surface area contributed by atoms with E-state index in [9.17, 15) is 0 Å². The molecule has 1 aliphatic rings. The normalized spacial score (nSPS) is 15.0. The van der Waals surface area contributed by atoms with Crippen LogP contribution in [0, 0.1) is 13.8 Å². The van der Waals surface area contributed by atoms with Crippen LogP contribution in [0.4, 0.5) is 0 Å². The van der Waals surface area contributed by atoms with E-state index in [1.807, 2.05) is 0 Å². The highest BCUT2D eigenvalue weighted by molar-refractivity contribution is 6.66. The van der Waals surface area contributed by atoms with Gasteiger partial charge >= 0.3 is 0 Å². The van der Waals surface area contributed by atoms with Gasteiger partial charge in [-0.05, 0) is 31.9 Å². The topological polar surface area (TPSA) is 15.8 Å². The van der Waals surface area contributed by atoms with Crippen LogP contribution in [0.5, 0.6) is 0 Å². The Morgan fingerprint density at radius 2 is 1.75 bits per heavy atom. The summed E-state index contributed by atoms with van der Waals surface area (Å²) in [6.45, 7) is 8.64. The number of rotatable bonds is 0. The van der Waals surface area contributed by atoms with Crippen LogP contribution in [0.3, 0.4) is 0 Å². The molecule has 61 valence electrons. The molecule has 0 saturated heterocycles. The van der Waals surface area contributed by atoms with Gasteiger partial charge in [-0.15, -0.1) is 5.47 Å². The minimum Gasteiger partial charge on any atom is -0.359 e. The predicted octanol–water partition coefficient (Wildman–Crippen LogP) is 1.73. The number of hydrogen-bond acceptors (Lipinski definition) is 0. The van der Waals surface area contributed by atoms with Crippen LogP contribution in [0.2, 0.25) is 0 Å². The fourth-order valence-electron chi connectivity index (χ4n) is 1.74. The molecule has 0 fully saturated rings. The summed E-state index contributed by atoms with van der Waals surface area (Å²) in [5, 5.41) is 0. The third kappa shape index (κ3) is 0.810. The zero-order valence-electron chi connectivity index (χ0n) is 8.08. The molecule has 0 atom stereocenters. The lowest BCUT2D eigenvalue weighted by atomic mass is 9.66. The second-order valence-electron chi connectivity index (χ2n) is 3.62. The number of fused-ring (bicyclic) bond motifs is 1. The fourth-order valence-corrected chi connectivity index (χ4v) is 1.74. The van der Waals surface area contributed by atoms with Crippen molar-refractivity contribution in [3.05, 3.63) is 22.4 Å². The second kappa shape index (κ2) is 2.29. The molecule has 0 unspecified atom stereocenters. The van der Waals surface area contributed by atoms with E-state index < -0.39 is 0 Å². The molecule has 1 aromatic rings. The molecule has 0 aliphatic carbocycles. The number of hydrogen-bond donors (Lipinski definition) is 1. The maximum Gasteiger partial charge on any atom is 0.189 e. The van der Waals surface area contributed by atoms with Crippen molar-refractivity contribution >= 4 is 18.3 Å². The van der Waals surface area contributed by atoms with Gasteiger partial charge < -0.3 is 4.98 Å². The van der Waals surface area contributed by atoms with Gasteiger partial charge in [0.25, 0.3) is 0 Å². The standard InChI is InChI=1S/C10H13BN/c1-5-7(3)11-9-6(2)8(4)12-10(5)9/h12H,1-4H3. The summed E-state index contributed by atoms with van der Waals surface area (Å²) in [5.74, 6) is 0. The molecule has 1 aromatic heterocycles. The first-order valence-electron chi connectivity index (χ1n) is 4.33. The molecule has 2 heteroatoms. The van der Waals surface area contributed by atoms with Crippen molar-refractivity contribution in [1.82, 2.24) is 4.98 Å². The Balaban J connectivity index is 2.64. The summed E-state index contributed by atoms with van der Waals surface area (Å²) >= 11 is 0. The van der Waals surface area contributed by atoms with Gasteiger partial charge in [0, 0.05) is 11.4 Å². The minimum atomic E-state index is 1.29. The van der Waals surface area contributed by atoms with E-state index >= 15 is 0 Å². The Kier molecular flexibility index (Phi) is 1.47. The Morgan fingerprint density at radius 3 is 2.33 bits per heavy atom. The minimum absolute atomic E-state index is 1.29. The van der Waals surface area contributed by atoms with Crippen LogP contribution in [0.1, 0.15) is 30.8 Å². The molecule has 1 N–H and O–H groups in total. The molecule has 0 saturated carbocycles. The van der Waals surface area contributed by atoms with Gasteiger partial charge in [0.05, 0.1) is 0 Å². The van der Waals surface area contributed by atoms with E-state index in [4.69, 9.17) is 0 Å². The summed E-state index contributed by atoms with van der Waals surface area (Å²) in [7, 11) is 2.27. The number of aryl methyl sites for hydroxylation is 1. The van der Waals surface area contributed by atoms with Gasteiger partial charge in [0.1, 0.15) is 0 Å². The lowest BCUT2D eigenvalue weighted by Crippen LogP contribution is -2.13. The Morgan fingerprint density at radius 1 is 1.08 bits per heavy atom. The molecular formula is C10H13BN. The van der Waals surface area contributed by atoms with Crippen LogP contribution < -0.4 is 5.46 Å². The zero-order chi connectivity index (χ0) is 8.88. The fraction of sp³-hybridized carbons (Fsp3) is 0.400. The molecule has 0 spiro atoms. The highest BCUT2D eigenvalue weighted by Crippen LogP contribution is 2.23. The lowest BCUT2D eigenvalue weighted by Gasteiger charge is -1.95. The van der Waals surface area contributed by atoms with E-state index in [-0.39, 0.29) is 0 Å². The maximum atomic E-state index is 3.42. The van der Waals surface area contributed by atoms with Gasteiger partial charge in [-0.2, -0.15) is 0 Å². The average molecular weight is 158 g/mol. The van der Waals surface area contributed by atoms with Crippen LogP contribution in [-0.4, -0.2) is 12.3 Å². The Labute approximate surface area is 74.1 Å². The highest BCUT2D eigenvalue weighted by Gasteiger charge is 2.21. The van der Waals surface area contributed by atoms with Crippen LogP contribution in [0.25, 0.3) is 5.57 Å². The molecule has 12 heavy (non-hydrogen) atoms. The van der Waals surface area contributed by atoms with Crippen molar-refractivity contribution in [3.8, 4) is 0 Å². The van der Waals surface area contributed by atoms with Crippen LogP contribution in [-0.2, 0) is 0 Å². The zero-order valence-corrected chi connectivity index (χ0v) is 8.08.